The van der Waals surface area contributed by atoms with Crippen LogP contribution in [0, 0.1) is 9.39 Å². The molecule has 0 unspecified atom stereocenters. The molecule has 0 radical (unpaired) electrons. The number of rotatable bonds is 1. The Morgan fingerprint density at radius 1 is 1.73 bits per heavy atom. The van der Waals surface area contributed by atoms with Gasteiger partial charge in [0.2, 0.25) is 0 Å². The summed E-state index contributed by atoms with van der Waals surface area (Å²) in [7, 11) is 0. The van der Waals surface area contributed by atoms with E-state index in [0.29, 0.717) is 0 Å². The second-order valence-corrected chi connectivity index (χ2v) is 2.84. The molecule has 0 fully saturated rings. The van der Waals surface area contributed by atoms with E-state index in [1.807, 2.05) is 0 Å². The van der Waals surface area contributed by atoms with Crippen LogP contribution in [-0.2, 0) is 0 Å². The van der Waals surface area contributed by atoms with Gasteiger partial charge in [-0.2, -0.15) is 0 Å². The van der Waals surface area contributed by atoms with Crippen molar-refractivity contribution < 1.29 is 14.3 Å². The van der Waals surface area contributed by atoms with Crippen molar-refractivity contribution in [1.29, 1.82) is 0 Å². The molecular formula is C6H3FINO2. The number of pyridine rings is 1. The minimum absolute atomic E-state index is 0.0394. The lowest BCUT2D eigenvalue weighted by Gasteiger charge is -1.96. The first-order valence-corrected chi connectivity index (χ1v) is 3.74. The molecule has 0 saturated heterocycles. The van der Waals surface area contributed by atoms with E-state index in [1.165, 1.54) is 0 Å². The van der Waals surface area contributed by atoms with Gasteiger partial charge in [0.05, 0.1) is 3.57 Å². The summed E-state index contributed by atoms with van der Waals surface area (Å²) < 4.78 is 12.7. The highest BCUT2D eigenvalue weighted by Crippen LogP contribution is 2.12. The first-order chi connectivity index (χ1) is 5.13. The molecule has 0 saturated carbocycles. The Bertz CT molecular complexity index is 303. The van der Waals surface area contributed by atoms with Crippen LogP contribution < -0.4 is 0 Å². The molecule has 11 heavy (non-hydrogen) atoms. The highest BCUT2D eigenvalue weighted by molar-refractivity contribution is 14.1. The van der Waals surface area contributed by atoms with Gasteiger partial charge in [-0.1, -0.05) is 0 Å². The van der Waals surface area contributed by atoms with E-state index in [2.05, 4.69) is 4.98 Å². The van der Waals surface area contributed by atoms with Crippen molar-refractivity contribution in [2.45, 2.75) is 0 Å². The number of hydrogen-bond donors (Lipinski definition) is 1. The number of aromatic carboxylic acids is 1. The molecule has 1 N–H and O–H groups in total. The van der Waals surface area contributed by atoms with E-state index in [9.17, 15) is 9.18 Å². The second kappa shape index (κ2) is 3.12. The summed E-state index contributed by atoms with van der Waals surface area (Å²) in [5.74, 6) is -1.77. The van der Waals surface area contributed by atoms with E-state index < -0.39 is 11.8 Å². The van der Waals surface area contributed by atoms with E-state index in [-0.39, 0.29) is 9.26 Å². The molecule has 5 heteroatoms. The van der Waals surface area contributed by atoms with Crippen molar-refractivity contribution in [3.63, 3.8) is 0 Å². The maximum absolute atomic E-state index is 12.6. The molecule has 0 atom stereocenters. The number of carbonyl (C=O) groups is 1. The zero-order valence-electron chi connectivity index (χ0n) is 5.21. The van der Waals surface area contributed by atoms with Crippen LogP contribution in [0.2, 0.25) is 0 Å². The Hall–Kier alpha value is -0.720. The zero-order valence-corrected chi connectivity index (χ0v) is 7.37. The van der Waals surface area contributed by atoms with Crippen molar-refractivity contribution in [1.82, 2.24) is 4.98 Å². The second-order valence-electron chi connectivity index (χ2n) is 1.76. The topological polar surface area (TPSA) is 50.2 Å². The maximum Gasteiger partial charge on any atom is 0.355 e. The molecule has 58 valence electrons. The summed E-state index contributed by atoms with van der Waals surface area (Å²) in [5, 5.41) is 8.46. The van der Waals surface area contributed by atoms with Crippen LogP contribution in [0.4, 0.5) is 4.39 Å². The molecule has 0 aliphatic rings. The van der Waals surface area contributed by atoms with Gasteiger partial charge in [0.1, 0.15) is 5.82 Å². The Kier molecular flexibility index (Phi) is 2.38. The fraction of sp³-hybridized carbons (Fsp3) is 0. The predicted octanol–water partition coefficient (Wildman–Crippen LogP) is 1.52. The predicted molar refractivity (Wildman–Crippen MR) is 43.9 cm³/mol. The van der Waals surface area contributed by atoms with Crippen molar-refractivity contribution in [2.24, 2.45) is 0 Å². The Morgan fingerprint density at radius 3 is 2.82 bits per heavy atom. The summed E-state index contributed by atoms with van der Waals surface area (Å²) in [6.07, 6.45) is 1.13. The van der Waals surface area contributed by atoms with Gasteiger partial charge in [0.15, 0.2) is 5.69 Å². The minimum atomic E-state index is -1.21. The molecule has 0 bridgehead atoms. The average molecular weight is 267 g/mol. The third-order valence-electron chi connectivity index (χ3n) is 1.04. The quantitative estimate of drug-likeness (QED) is 0.785. The molecule has 0 spiro atoms. The highest BCUT2D eigenvalue weighted by Gasteiger charge is 2.12. The molecule has 0 aliphatic carbocycles. The molecule has 0 aliphatic heterocycles. The van der Waals surface area contributed by atoms with Gasteiger partial charge in [0.25, 0.3) is 0 Å². The first-order valence-electron chi connectivity index (χ1n) is 2.66. The number of aromatic nitrogens is 1. The van der Waals surface area contributed by atoms with Crippen LogP contribution >= 0.6 is 22.6 Å². The van der Waals surface area contributed by atoms with Crippen molar-refractivity contribution in [3.8, 4) is 0 Å². The van der Waals surface area contributed by atoms with Crippen molar-refractivity contribution in [3.05, 3.63) is 27.3 Å². The van der Waals surface area contributed by atoms with Crippen LogP contribution in [-0.4, -0.2) is 16.1 Å². The maximum atomic E-state index is 12.6. The summed E-state index contributed by atoms with van der Waals surface area (Å²) >= 11 is 1.60. The SMILES string of the molecule is O=C(O)c1nccc(F)c1I. The van der Waals surface area contributed by atoms with Gasteiger partial charge >= 0.3 is 5.97 Å². The fourth-order valence-electron chi connectivity index (χ4n) is 0.569. The smallest absolute Gasteiger partial charge is 0.355 e. The number of carboxylic acid groups (broad SMARTS) is 1. The molecule has 1 aromatic heterocycles. The van der Waals surface area contributed by atoms with Crippen LogP contribution in [0.15, 0.2) is 12.3 Å². The van der Waals surface area contributed by atoms with Crippen LogP contribution in [0.3, 0.4) is 0 Å². The van der Waals surface area contributed by atoms with Gasteiger partial charge in [-0.25, -0.2) is 14.2 Å². The molecular weight excluding hydrogens is 264 g/mol. The molecule has 0 aromatic carbocycles. The zero-order chi connectivity index (χ0) is 8.43. The van der Waals surface area contributed by atoms with E-state index in [4.69, 9.17) is 5.11 Å². The number of hydrogen-bond acceptors (Lipinski definition) is 2. The average Bonchev–Trinajstić information content (AvgIpc) is 1.94. The lowest BCUT2D eigenvalue weighted by Crippen LogP contribution is -2.04. The van der Waals surface area contributed by atoms with Gasteiger partial charge < -0.3 is 5.11 Å². The normalized spacial score (nSPS) is 9.64. The Balaban J connectivity index is 3.27. The fourth-order valence-corrected chi connectivity index (χ4v) is 1.12. The molecule has 1 heterocycles. The molecule has 1 rings (SSSR count). The van der Waals surface area contributed by atoms with Gasteiger partial charge in [-0.15, -0.1) is 0 Å². The Morgan fingerprint density at radius 2 is 2.36 bits per heavy atom. The van der Waals surface area contributed by atoms with E-state index in [1.54, 1.807) is 22.6 Å². The lowest BCUT2D eigenvalue weighted by atomic mass is 10.3. The summed E-state index contributed by atoms with van der Waals surface area (Å²) in [6.45, 7) is 0. The summed E-state index contributed by atoms with van der Waals surface area (Å²) in [4.78, 5) is 13.8. The van der Waals surface area contributed by atoms with Crippen LogP contribution in [0.1, 0.15) is 10.5 Å². The van der Waals surface area contributed by atoms with E-state index in [0.717, 1.165) is 12.3 Å². The highest BCUT2D eigenvalue weighted by atomic mass is 127. The van der Waals surface area contributed by atoms with Crippen molar-refractivity contribution >= 4 is 28.6 Å². The Labute approximate surface area is 75.4 Å². The number of halogens is 2. The van der Waals surface area contributed by atoms with Gasteiger partial charge in [0, 0.05) is 6.20 Å². The minimum Gasteiger partial charge on any atom is -0.476 e. The molecule has 3 nitrogen and oxygen atoms in total. The summed E-state index contributed by atoms with van der Waals surface area (Å²) in [5.41, 5.74) is -0.245. The summed E-state index contributed by atoms with van der Waals surface area (Å²) in [6, 6.07) is 1.12. The third-order valence-corrected chi connectivity index (χ3v) is 2.07. The van der Waals surface area contributed by atoms with Gasteiger partial charge in [-0.05, 0) is 28.7 Å². The molecule has 0 amide bonds. The molecule has 1 aromatic rings. The third kappa shape index (κ3) is 1.65. The number of carboxylic acids is 1. The first kappa shape index (κ1) is 8.38. The van der Waals surface area contributed by atoms with Crippen LogP contribution in [0.5, 0.6) is 0 Å². The number of nitrogens with zero attached hydrogens (tertiary/aromatic N) is 1. The lowest BCUT2D eigenvalue weighted by molar-refractivity contribution is 0.0688. The standard InChI is InChI=1S/C6H3FINO2/c7-3-1-2-9-5(4(3)8)6(10)11/h1-2H,(H,10,11). The van der Waals surface area contributed by atoms with Crippen molar-refractivity contribution in [2.75, 3.05) is 0 Å². The van der Waals surface area contributed by atoms with Crippen LogP contribution in [0.25, 0.3) is 0 Å². The van der Waals surface area contributed by atoms with E-state index >= 15 is 0 Å². The van der Waals surface area contributed by atoms with Gasteiger partial charge in [-0.3, -0.25) is 0 Å². The largest absolute Gasteiger partial charge is 0.476 e. The monoisotopic (exact) mass is 267 g/mol.